The number of pyridine rings is 1. The third-order valence-corrected chi connectivity index (χ3v) is 9.08. The highest BCUT2D eigenvalue weighted by Gasteiger charge is 2.31. The molecule has 1 saturated heterocycles. The number of nitrogens with zero attached hydrogens (tertiary/aromatic N) is 2. The van der Waals surface area contributed by atoms with Crippen molar-refractivity contribution in [2.75, 3.05) is 31.6 Å². The molecule has 1 amide bonds. The highest BCUT2D eigenvalue weighted by atomic mass is 32.2. The summed E-state index contributed by atoms with van der Waals surface area (Å²) in [6.07, 6.45) is 1.15. The van der Waals surface area contributed by atoms with Gasteiger partial charge in [0.2, 0.25) is 15.9 Å². The Morgan fingerprint density at radius 3 is 2.41 bits per heavy atom. The van der Waals surface area contributed by atoms with E-state index in [2.05, 4.69) is 10.3 Å². The molecule has 0 aliphatic carbocycles. The normalized spacial score (nSPS) is 14.9. The largest absolute Gasteiger partial charge is 0.478 e. The van der Waals surface area contributed by atoms with Crippen molar-refractivity contribution in [3.05, 3.63) is 53.7 Å². The van der Waals surface area contributed by atoms with Gasteiger partial charge in [0, 0.05) is 31.6 Å². The molecule has 2 aromatic carbocycles. The van der Waals surface area contributed by atoms with Crippen LogP contribution < -0.4 is 10.0 Å². The summed E-state index contributed by atoms with van der Waals surface area (Å²) in [4.78, 5) is 27.0. The molecule has 0 bridgehead atoms. The summed E-state index contributed by atoms with van der Waals surface area (Å²) < 4.78 is 61.1. The maximum absolute atomic E-state index is 13.7. The summed E-state index contributed by atoms with van der Waals surface area (Å²) in [5, 5.41) is 12.8. The van der Waals surface area contributed by atoms with E-state index in [-0.39, 0.29) is 63.9 Å². The summed E-state index contributed by atoms with van der Waals surface area (Å²) in [7, 11) is -8.42. The van der Waals surface area contributed by atoms with E-state index >= 15 is 0 Å². The first-order valence-corrected chi connectivity index (χ1v) is 14.0. The van der Waals surface area contributed by atoms with E-state index < -0.39 is 31.9 Å². The third kappa shape index (κ3) is 5.27. The van der Waals surface area contributed by atoms with Crippen molar-refractivity contribution in [3.8, 4) is 0 Å². The fourth-order valence-corrected chi connectivity index (χ4v) is 6.49. The average Bonchev–Trinajstić information content (AvgIpc) is 2.84. The van der Waals surface area contributed by atoms with E-state index in [0.29, 0.717) is 5.56 Å². The van der Waals surface area contributed by atoms with Gasteiger partial charge >= 0.3 is 5.97 Å². The molecule has 3 aromatic rings. The number of para-hydroxylation sites is 1. The molecule has 3 N–H and O–H groups in total. The first-order valence-electron chi connectivity index (χ1n) is 11.1. The van der Waals surface area contributed by atoms with Crippen LogP contribution in [0.1, 0.15) is 22.8 Å². The van der Waals surface area contributed by atoms with Gasteiger partial charge in [0.1, 0.15) is 4.90 Å². The van der Waals surface area contributed by atoms with E-state index in [1.165, 1.54) is 28.6 Å². The summed E-state index contributed by atoms with van der Waals surface area (Å²) in [5.74, 6) is -2.04. The number of hydrogen-bond acceptors (Lipinski definition) is 9. The number of aromatic carboxylic acids is 1. The minimum Gasteiger partial charge on any atom is -0.478 e. The van der Waals surface area contributed by atoms with Gasteiger partial charge in [-0.25, -0.2) is 26.4 Å². The Bertz CT molecular complexity index is 1620. The van der Waals surface area contributed by atoms with Gasteiger partial charge in [0.25, 0.3) is 10.0 Å². The van der Waals surface area contributed by atoms with E-state index in [4.69, 9.17) is 4.74 Å². The Morgan fingerprint density at radius 2 is 1.76 bits per heavy atom. The quantitative estimate of drug-likeness (QED) is 0.395. The van der Waals surface area contributed by atoms with Crippen LogP contribution in [0.15, 0.2) is 52.4 Å². The molecule has 14 heteroatoms. The summed E-state index contributed by atoms with van der Waals surface area (Å²) >= 11 is 0. The number of benzene rings is 2. The van der Waals surface area contributed by atoms with Crippen molar-refractivity contribution in [2.45, 2.75) is 23.6 Å². The standard InChI is InChI=1S/C23H24N4O8S2/c1-14-4-3-5-17(23(29)30)21(14)25-22-18-12-16(36(31,32)26-15(2)28)6-7-19(18)24-13-20(22)37(33,34)27-8-10-35-11-9-27/h3-7,12-13H,8-11H2,1-2H3,(H,24,25)(H,26,28)(H,29,30). The lowest BCUT2D eigenvalue weighted by molar-refractivity contribution is -0.117. The highest BCUT2D eigenvalue weighted by molar-refractivity contribution is 7.90. The molecule has 12 nitrogen and oxygen atoms in total. The average molecular weight is 549 g/mol. The number of sulfonamides is 2. The van der Waals surface area contributed by atoms with Gasteiger partial charge in [0.15, 0.2) is 0 Å². The number of nitrogens with one attached hydrogen (secondary N) is 2. The Labute approximate surface area is 213 Å². The zero-order valence-corrected chi connectivity index (χ0v) is 21.5. The van der Waals surface area contributed by atoms with Crippen molar-refractivity contribution >= 4 is 54.2 Å². The first kappa shape index (κ1) is 26.5. The van der Waals surface area contributed by atoms with Crippen LogP contribution in [-0.2, 0) is 29.6 Å². The molecular formula is C23H24N4O8S2. The molecule has 1 fully saturated rings. The molecule has 0 atom stereocenters. The zero-order chi connectivity index (χ0) is 27.0. The van der Waals surface area contributed by atoms with Gasteiger partial charge in [-0.3, -0.25) is 9.78 Å². The number of carbonyl (C=O) groups excluding carboxylic acids is 1. The summed E-state index contributed by atoms with van der Waals surface area (Å²) in [6.45, 7) is 3.29. The number of ether oxygens (including phenoxy) is 1. The van der Waals surface area contributed by atoms with Gasteiger partial charge in [-0.15, -0.1) is 0 Å². The number of aryl methyl sites for hydroxylation is 1. The predicted molar refractivity (Wildman–Crippen MR) is 134 cm³/mol. The van der Waals surface area contributed by atoms with Crippen molar-refractivity contribution < 1.29 is 36.3 Å². The second-order valence-corrected chi connectivity index (χ2v) is 11.9. The molecule has 2 heterocycles. The minimum absolute atomic E-state index is 0.0480. The molecule has 4 rings (SSSR count). The van der Waals surface area contributed by atoms with Gasteiger partial charge in [-0.05, 0) is 36.8 Å². The van der Waals surface area contributed by atoms with E-state index in [9.17, 15) is 31.5 Å². The molecule has 1 aliphatic heterocycles. The molecule has 0 spiro atoms. The van der Waals surface area contributed by atoms with Crippen LogP contribution in [0.3, 0.4) is 0 Å². The fraction of sp³-hybridized carbons (Fsp3) is 0.261. The van der Waals surface area contributed by atoms with E-state index in [1.54, 1.807) is 19.1 Å². The van der Waals surface area contributed by atoms with Crippen LogP contribution in [0, 0.1) is 6.92 Å². The van der Waals surface area contributed by atoms with Crippen LogP contribution in [0.2, 0.25) is 0 Å². The number of hydrogen-bond donors (Lipinski definition) is 3. The number of carboxylic acids is 1. The Hall–Kier alpha value is -3.59. The van der Waals surface area contributed by atoms with Crippen LogP contribution >= 0.6 is 0 Å². The number of carboxylic acid groups (broad SMARTS) is 1. The fourth-order valence-electron chi connectivity index (χ4n) is 3.96. The van der Waals surface area contributed by atoms with Crippen molar-refractivity contribution in [1.82, 2.24) is 14.0 Å². The van der Waals surface area contributed by atoms with E-state index in [0.717, 1.165) is 13.1 Å². The Balaban J connectivity index is 2.01. The number of carbonyl (C=O) groups is 2. The monoisotopic (exact) mass is 548 g/mol. The summed E-state index contributed by atoms with van der Waals surface area (Å²) in [6, 6.07) is 8.36. The molecular weight excluding hydrogens is 524 g/mol. The van der Waals surface area contributed by atoms with Crippen LogP contribution in [0.4, 0.5) is 11.4 Å². The number of morpholine rings is 1. The first-order chi connectivity index (χ1) is 17.4. The second-order valence-electron chi connectivity index (χ2n) is 8.28. The third-order valence-electron chi connectivity index (χ3n) is 5.73. The van der Waals surface area contributed by atoms with Gasteiger partial charge in [-0.2, -0.15) is 4.31 Å². The van der Waals surface area contributed by atoms with Crippen molar-refractivity contribution in [1.29, 1.82) is 0 Å². The maximum atomic E-state index is 13.7. The SMILES string of the molecule is CC(=O)NS(=O)(=O)c1ccc2ncc(S(=O)(=O)N3CCOCC3)c(Nc3c(C)cccc3C(=O)O)c2c1. The lowest BCUT2D eigenvalue weighted by atomic mass is 10.1. The Morgan fingerprint density at radius 1 is 1.05 bits per heavy atom. The van der Waals surface area contributed by atoms with Crippen molar-refractivity contribution in [3.63, 3.8) is 0 Å². The summed E-state index contributed by atoms with van der Waals surface area (Å²) in [5.41, 5.74) is 0.739. The number of fused-ring (bicyclic) bond motifs is 1. The van der Waals surface area contributed by atoms with Crippen LogP contribution in [-0.4, -0.2) is 69.4 Å². The molecule has 196 valence electrons. The number of rotatable bonds is 7. The van der Waals surface area contributed by atoms with Crippen molar-refractivity contribution in [2.24, 2.45) is 0 Å². The smallest absolute Gasteiger partial charge is 0.337 e. The second kappa shape index (κ2) is 10.0. The number of aromatic nitrogens is 1. The van der Waals surface area contributed by atoms with Gasteiger partial charge in [0.05, 0.1) is 40.6 Å². The molecule has 37 heavy (non-hydrogen) atoms. The molecule has 0 unspecified atom stereocenters. The highest BCUT2D eigenvalue weighted by Crippen LogP contribution is 2.36. The van der Waals surface area contributed by atoms with Gasteiger partial charge < -0.3 is 15.2 Å². The zero-order valence-electron chi connectivity index (χ0n) is 19.9. The molecule has 1 aliphatic rings. The topological polar surface area (TPSA) is 172 Å². The Kier molecular flexibility index (Phi) is 7.19. The molecule has 0 saturated carbocycles. The number of amides is 1. The lowest BCUT2D eigenvalue weighted by Crippen LogP contribution is -2.40. The minimum atomic E-state index is -4.26. The lowest BCUT2D eigenvalue weighted by Gasteiger charge is -2.27. The van der Waals surface area contributed by atoms with E-state index in [1.807, 2.05) is 4.72 Å². The van der Waals surface area contributed by atoms with Crippen LogP contribution in [0.25, 0.3) is 10.9 Å². The van der Waals surface area contributed by atoms with Gasteiger partial charge in [-0.1, -0.05) is 12.1 Å². The molecule has 1 aromatic heterocycles. The number of anilines is 2. The molecule has 0 radical (unpaired) electrons. The maximum Gasteiger partial charge on any atom is 0.337 e. The predicted octanol–water partition coefficient (Wildman–Crippen LogP) is 1.83. The van der Waals surface area contributed by atoms with Crippen LogP contribution in [0.5, 0.6) is 0 Å².